The number of hydrogen-bond donors (Lipinski definition) is 1. The number of likely N-dealkylation sites (tertiary alicyclic amines) is 1. The fraction of sp³-hybridized carbons (Fsp3) is 0.429. The second-order valence-corrected chi connectivity index (χ2v) is 5.83. The molecule has 1 unspecified atom stereocenters. The number of rotatable bonds is 4. The lowest BCUT2D eigenvalue weighted by Gasteiger charge is -2.15. The van der Waals surface area contributed by atoms with Crippen LogP contribution in [0.1, 0.15) is 12.1 Å². The van der Waals surface area contributed by atoms with Crippen molar-refractivity contribution in [2.75, 3.05) is 19.7 Å². The molecule has 6 heteroatoms. The fourth-order valence-corrected chi connectivity index (χ4v) is 3.16. The van der Waals surface area contributed by atoms with Gasteiger partial charge in [0.05, 0.1) is 18.4 Å². The molecule has 2 aromatic heterocycles. The number of furan rings is 1. The predicted octanol–water partition coefficient (Wildman–Crippen LogP) is 1.79. The highest BCUT2D eigenvalue weighted by Gasteiger charge is 2.26. The minimum Gasteiger partial charge on any atom is -0.462 e. The van der Waals surface area contributed by atoms with Crippen molar-refractivity contribution in [3.8, 4) is 10.8 Å². The van der Waals surface area contributed by atoms with Crippen LogP contribution in [0.25, 0.3) is 10.8 Å². The third-order valence-electron chi connectivity index (χ3n) is 3.51. The number of amides is 1. The van der Waals surface area contributed by atoms with E-state index in [1.807, 2.05) is 22.4 Å². The van der Waals surface area contributed by atoms with Crippen molar-refractivity contribution in [1.29, 1.82) is 0 Å². The van der Waals surface area contributed by atoms with Crippen LogP contribution in [0.2, 0.25) is 0 Å². The standard InChI is InChI=1S/C14H16N2O3S/c17-8-10-3-4-16(7-10)13(18)6-11-9-20-14(15-11)12-2-1-5-19-12/h1-2,5,9-10,17H,3-4,6-8H2. The number of nitrogens with zero attached hydrogens (tertiary/aromatic N) is 2. The van der Waals surface area contributed by atoms with Gasteiger partial charge in [0, 0.05) is 31.0 Å². The van der Waals surface area contributed by atoms with Gasteiger partial charge in [0.2, 0.25) is 5.91 Å². The van der Waals surface area contributed by atoms with E-state index < -0.39 is 0 Å². The van der Waals surface area contributed by atoms with Crippen molar-refractivity contribution < 1.29 is 14.3 Å². The number of aliphatic hydroxyl groups is 1. The van der Waals surface area contributed by atoms with Crippen molar-refractivity contribution in [1.82, 2.24) is 9.88 Å². The topological polar surface area (TPSA) is 66.6 Å². The summed E-state index contributed by atoms with van der Waals surface area (Å²) in [6.45, 7) is 1.55. The van der Waals surface area contributed by atoms with E-state index in [9.17, 15) is 4.79 Å². The Balaban J connectivity index is 1.62. The van der Waals surface area contributed by atoms with E-state index in [-0.39, 0.29) is 18.4 Å². The monoisotopic (exact) mass is 292 g/mol. The lowest BCUT2D eigenvalue weighted by molar-refractivity contribution is -0.129. The minimum absolute atomic E-state index is 0.0808. The van der Waals surface area contributed by atoms with Crippen LogP contribution in [-0.2, 0) is 11.2 Å². The average Bonchev–Trinajstić information content (AvgIpc) is 3.19. The van der Waals surface area contributed by atoms with E-state index in [2.05, 4.69) is 4.98 Å². The number of carbonyl (C=O) groups excluding carboxylic acids is 1. The van der Waals surface area contributed by atoms with Crippen LogP contribution >= 0.6 is 11.3 Å². The van der Waals surface area contributed by atoms with E-state index in [4.69, 9.17) is 9.52 Å². The van der Waals surface area contributed by atoms with Crippen LogP contribution in [-0.4, -0.2) is 40.6 Å². The van der Waals surface area contributed by atoms with Gasteiger partial charge in [0.1, 0.15) is 0 Å². The maximum atomic E-state index is 12.2. The number of aliphatic hydroxyl groups excluding tert-OH is 1. The highest BCUT2D eigenvalue weighted by Crippen LogP contribution is 2.24. The van der Waals surface area contributed by atoms with Gasteiger partial charge < -0.3 is 14.4 Å². The van der Waals surface area contributed by atoms with Crippen molar-refractivity contribution in [2.45, 2.75) is 12.8 Å². The molecule has 1 saturated heterocycles. The summed E-state index contributed by atoms with van der Waals surface area (Å²) in [5, 5.41) is 11.8. The molecule has 0 aliphatic carbocycles. The summed E-state index contributed by atoms with van der Waals surface area (Å²) in [5.41, 5.74) is 0.777. The summed E-state index contributed by atoms with van der Waals surface area (Å²) >= 11 is 1.48. The van der Waals surface area contributed by atoms with E-state index in [0.717, 1.165) is 29.4 Å². The molecule has 0 bridgehead atoms. The molecule has 0 saturated carbocycles. The first-order valence-electron chi connectivity index (χ1n) is 6.63. The van der Waals surface area contributed by atoms with Gasteiger partial charge in [-0.15, -0.1) is 11.3 Å². The second kappa shape index (κ2) is 5.76. The molecular weight excluding hydrogens is 276 g/mol. The third-order valence-corrected chi connectivity index (χ3v) is 4.42. The van der Waals surface area contributed by atoms with Gasteiger partial charge in [-0.2, -0.15) is 0 Å². The zero-order valence-electron chi connectivity index (χ0n) is 11.0. The molecule has 5 nitrogen and oxygen atoms in total. The van der Waals surface area contributed by atoms with Gasteiger partial charge in [-0.3, -0.25) is 4.79 Å². The van der Waals surface area contributed by atoms with Crippen LogP contribution < -0.4 is 0 Å². The predicted molar refractivity (Wildman–Crippen MR) is 75.3 cm³/mol. The molecular formula is C14H16N2O3S. The molecule has 0 spiro atoms. The van der Waals surface area contributed by atoms with Crippen molar-refractivity contribution >= 4 is 17.2 Å². The molecule has 1 aliphatic heterocycles. The Morgan fingerprint density at radius 3 is 3.20 bits per heavy atom. The van der Waals surface area contributed by atoms with Gasteiger partial charge in [0.25, 0.3) is 0 Å². The van der Waals surface area contributed by atoms with Crippen LogP contribution in [0.3, 0.4) is 0 Å². The van der Waals surface area contributed by atoms with Crippen molar-refractivity contribution in [3.05, 3.63) is 29.5 Å². The Labute approximate surface area is 120 Å². The summed E-state index contributed by atoms with van der Waals surface area (Å²) in [4.78, 5) is 18.4. The molecule has 1 aliphatic rings. The van der Waals surface area contributed by atoms with Crippen LogP contribution in [0.5, 0.6) is 0 Å². The Hall–Kier alpha value is -1.66. The minimum atomic E-state index is 0.0808. The Morgan fingerprint density at radius 1 is 1.60 bits per heavy atom. The number of thiazole rings is 1. The number of hydrogen-bond acceptors (Lipinski definition) is 5. The molecule has 2 aromatic rings. The molecule has 3 heterocycles. The van der Waals surface area contributed by atoms with Gasteiger partial charge in [-0.1, -0.05) is 0 Å². The zero-order valence-corrected chi connectivity index (χ0v) is 11.8. The Bertz CT molecular complexity index is 579. The maximum absolute atomic E-state index is 12.2. The van der Waals surface area contributed by atoms with Crippen LogP contribution in [0.4, 0.5) is 0 Å². The lowest BCUT2D eigenvalue weighted by atomic mass is 10.1. The van der Waals surface area contributed by atoms with E-state index >= 15 is 0 Å². The summed E-state index contributed by atoms with van der Waals surface area (Å²) in [7, 11) is 0. The second-order valence-electron chi connectivity index (χ2n) is 4.98. The molecule has 1 fully saturated rings. The van der Waals surface area contributed by atoms with Crippen molar-refractivity contribution in [3.63, 3.8) is 0 Å². The Morgan fingerprint density at radius 2 is 2.50 bits per heavy atom. The average molecular weight is 292 g/mol. The Kier molecular flexibility index (Phi) is 3.84. The quantitative estimate of drug-likeness (QED) is 0.933. The van der Waals surface area contributed by atoms with E-state index in [0.29, 0.717) is 13.0 Å². The SMILES string of the molecule is O=C(Cc1csc(-c2ccco2)n1)N1CCC(CO)C1. The van der Waals surface area contributed by atoms with Gasteiger partial charge in [0.15, 0.2) is 10.8 Å². The van der Waals surface area contributed by atoms with Gasteiger partial charge >= 0.3 is 0 Å². The van der Waals surface area contributed by atoms with Crippen LogP contribution in [0.15, 0.2) is 28.2 Å². The van der Waals surface area contributed by atoms with Gasteiger partial charge in [-0.25, -0.2) is 4.98 Å². The molecule has 106 valence electrons. The summed E-state index contributed by atoms with van der Waals surface area (Å²) in [6, 6.07) is 3.68. The first-order chi connectivity index (χ1) is 9.76. The molecule has 20 heavy (non-hydrogen) atoms. The van der Waals surface area contributed by atoms with Gasteiger partial charge in [-0.05, 0) is 18.6 Å². The maximum Gasteiger partial charge on any atom is 0.228 e. The molecule has 3 rings (SSSR count). The molecule has 0 radical (unpaired) electrons. The number of carbonyl (C=O) groups is 1. The van der Waals surface area contributed by atoms with E-state index in [1.165, 1.54) is 11.3 Å². The van der Waals surface area contributed by atoms with E-state index in [1.54, 1.807) is 6.26 Å². The highest BCUT2D eigenvalue weighted by molar-refractivity contribution is 7.13. The normalized spacial score (nSPS) is 18.6. The first-order valence-corrected chi connectivity index (χ1v) is 7.51. The molecule has 1 atom stereocenters. The van der Waals surface area contributed by atoms with Crippen LogP contribution in [0, 0.1) is 5.92 Å². The highest BCUT2D eigenvalue weighted by atomic mass is 32.1. The first kappa shape index (κ1) is 13.3. The molecule has 0 aromatic carbocycles. The fourth-order valence-electron chi connectivity index (χ4n) is 2.38. The zero-order chi connectivity index (χ0) is 13.9. The smallest absolute Gasteiger partial charge is 0.228 e. The summed E-state index contributed by atoms with van der Waals surface area (Å²) < 4.78 is 5.29. The third kappa shape index (κ3) is 2.76. The largest absolute Gasteiger partial charge is 0.462 e. The summed E-state index contributed by atoms with van der Waals surface area (Å²) in [5.74, 6) is 1.04. The number of aromatic nitrogens is 1. The molecule has 1 amide bonds. The molecule has 1 N–H and O–H groups in total. The summed E-state index contributed by atoms with van der Waals surface area (Å²) in [6.07, 6.45) is 2.81. The lowest BCUT2D eigenvalue weighted by Crippen LogP contribution is -2.30. The van der Waals surface area contributed by atoms with Crippen molar-refractivity contribution in [2.24, 2.45) is 5.92 Å².